The van der Waals surface area contributed by atoms with Crippen molar-refractivity contribution in [3.63, 3.8) is 0 Å². The van der Waals surface area contributed by atoms with Crippen LogP contribution in [-0.2, 0) is 18.3 Å². The number of carbonyl (C=O) groups is 1. The van der Waals surface area contributed by atoms with Gasteiger partial charge < -0.3 is 24.3 Å². The number of aryl methyl sites for hydroxylation is 1. The van der Waals surface area contributed by atoms with Crippen molar-refractivity contribution in [2.24, 2.45) is 7.05 Å². The fourth-order valence-electron chi connectivity index (χ4n) is 4.39. The van der Waals surface area contributed by atoms with Crippen molar-refractivity contribution in [1.82, 2.24) is 9.55 Å². The number of aromatic nitrogens is 2. The summed E-state index contributed by atoms with van der Waals surface area (Å²) in [6, 6.07) is 16.9. The molecule has 2 heterocycles. The fraction of sp³-hybridized carbons (Fsp3) is 0.103. The monoisotopic (exact) mass is 515 g/mol. The van der Waals surface area contributed by atoms with E-state index in [2.05, 4.69) is 10.3 Å². The molecule has 0 saturated heterocycles. The lowest BCUT2D eigenvalue weighted by atomic mass is 10.0. The van der Waals surface area contributed by atoms with Crippen molar-refractivity contribution in [1.29, 1.82) is 0 Å². The Morgan fingerprint density at radius 2 is 1.76 bits per heavy atom. The minimum absolute atomic E-state index is 0.0854. The molecule has 2 N–H and O–H groups in total. The average molecular weight is 516 g/mol. The van der Waals surface area contributed by atoms with E-state index in [-0.39, 0.29) is 29.4 Å². The molecule has 2 aromatic heterocycles. The van der Waals surface area contributed by atoms with Gasteiger partial charge >= 0.3 is 0 Å². The zero-order chi connectivity index (χ0) is 26.8. The fourth-order valence-corrected chi connectivity index (χ4v) is 4.39. The summed E-state index contributed by atoms with van der Waals surface area (Å²) in [6.45, 7) is 0. The first-order valence-electron chi connectivity index (χ1n) is 11.7. The van der Waals surface area contributed by atoms with E-state index in [0.717, 1.165) is 17.7 Å². The number of rotatable bonds is 7. The van der Waals surface area contributed by atoms with Crippen LogP contribution in [0.2, 0.25) is 0 Å². The van der Waals surface area contributed by atoms with Gasteiger partial charge in [-0.2, -0.15) is 0 Å². The predicted molar refractivity (Wildman–Crippen MR) is 141 cm³/mol. The summed E-state index contributed by atoms with van der Waals surface area (Å²) in [5.74, 6) is -1.16. The molecule has 0 saturated carbocycles. The molecule has 0 unspecified atom stereocenters. The molecule has 7 nitrogen and oxygen atoms in total. The van der Waals surface area contributed by atoms with Crippen LogP contribution in [0.5, 0.6) is 17.2 Å². The highest BCUT2D eigenvalue weighted by molar-refractivity contribution is 5.99. The first kappa shape index (κ1) is 24.8. The number of amides is 1. The second kappa shape index (κ2) is 10.2. The molecule has 9 heteroatoms. The van der Waals surface area contributed by atoms with Crippen LogP contribution in [0.3, 0.4) is 0 Å². The number of benzene rings is 3. The van der Waals surface area contributed by atoms with Crippen LogP contribution in [0.1, 0.15) is 5.56 Å². The lowest BCUT2D eigenvalue weighted by Gasteiger charge is -2.14. The molecule has 3 aromatic carbocycles. The van der Waals surface area contributed by atoms with Crippen molar-refractivity contribution >= 4 is 22.5 Å². The predicted octanol–water partition coefficient (Wildman–Crippen LogP) is 5.79. The van der Waals surface area contributed by atoms with Crippen LogP contribution in [-0.4, -0.2) is 22.6 Å². The summed E-state index contributed by atoms with van der Waals surface area (Å²) >= 11 is 0. The lowest BCUT2D eigenvalue weighted by molar-refractivity contribution is -0.115. The van der Waals surface area contributed by atoms with Gasteiger partial charge in [0, 0.05) is 53.3 Å². The number of nitrogens with one attached hydrogen (secondary N) is 2. The second-order valence-corrected chi connectivity index (χ2v) is 8.65. The summed E-state index contributed by atoms with van der Waals surface area (Å²) in [4.78, 5) is 28.0. The molecule has 5 aromatic rings. The van der Waals surface area contributed by atoms with Gasteiger partial charge in [-0.25, -0.2) is 8.78 Å². The largest absolute Gasteiger partial charge is 0.496 e. The Balaban J connectivity index is 1.55. The minimum Gasteiger partial charge on any atom is -0.496 e. The molecule has 0 bridgehead atoms. The van der Waals surface area contributed by atoms with Crippen LogP contribution in [0.4, 0.5) is 14.5 Å². The third-order valence-electron chi connectivity index (χ3n) is 6.11. The Bertz CT molecular complexity index is 1730. The van der Waals surface area contributed by atoms with Gasteiger partial charge in [-0.1, -0.05) is 18.2 Å². The number of anilines is 1. The summed E-state index contributed by atoms with van der Waals surface area (Å²) in [6.07, 6.45) is 3.37. The second-order valence-electron chi connectivity index (χ2n) is 8.65. The molecule has 0 spiro atoms. The number of methoxy groups -OCH3 is 1. The van der Waals surface area contributed by atoms with Gasteiger partial charge in [0.25, 0.3) is 5.56 Å². The number of fused-ring (bicyclic) bond motifs is 1. The third-order valence-corrected chi connectivity index (χ3v) is 6.11. The van der Waals surface area contributed by atoms with Gasteiger partial charge in [-0.3, -0.25) is 9.59 Å². The number of hydrogen-bond donors (Lipinski definition) is 2. The number of hydrogen-bond acceptors (Lipinski definition) is 4. The minimum atomic E-state index is -0.862. The van der Waals surface area contributed by atoms with Crippen LogP contribution in [0.25, 0.3) is 22.0 Å². The van der Waals surface area contributed by atoms with Gasteiger partial charge in [-0.15, -0.1) is 0 Å². The van der Waals surface area contributed by atoms with E-state index in [1.165, 1.54) is 12.3 Å². The van der Waals surface area contributed by atoms with Crippen LogP contribution < -0.4 is 20.3 Å². The number of halogens is 2. The Labute approximate surface area is 216 Å². The van der Waals surface area contributed by atoms with Crippen molar-refractivity contribution in [3.05, 3.63) is 107 Å². The summed E-state index contributed by atoms with van der Waals surface area (Å²) in [7, 11) is 3.28. The molecule has 192 valence electrons. The molecule has 0 radical (unpaired) electrons. The normalized spacial score (nSPS) is 10.9. The van der Waals surface area contributed by atoms with Gasteiger partial charge in [0.2, 0.25) is 5.91 Å². The maximum atomic E-state index is 14.4. The molecular weight excluding hydrogens is 492 g/mol. The molecule has 0 aliphatic rings. The molecule has 0 atom stereocenters. The standard InChI is InChI=1S/C29H23F2N3O4/c1-34-16-22(20-11-12-32-29(36)28(20)34)21-15-19(33-27(35)13-17-5-3-4-6-24(17)37-2)8-10-25(21)38-26-9-7-18(30)14-23(26)31/h3-12,14-16H,13H2,1-2H3,(H,32,36)(H,33,35). The third kappa shape index (κ3) is 4.86. The van der Waals surface area contributed by atoms with Crippen molar-refractivity contribution < 1.29 is 23.0 Å². The number of carbonyl (C=O) groups excluding carboxylic acids is 1. The maximum Gasteiger partial charge on any atom is 0.272 e. The Morgan fingerprint density at radius 3 is 2.55 bits per heavy atom. The van der Waals surface area contributed by atoms with Gasteiger partial charge in [0.1, 0.15) is 22.8 Å². The highest BCUT2D eigenvalue weighted by Crippen LogP contribution is 2.39. The Kier molecular flexibility index (Phi) is 6.66. The van der Waals surface area contributed by atoms with E-state index in [0.29, 0.717) is 33.5 Å². The highest BCUT2D eigenvalue weighted by atomic mass is 19.1. The van der Waals surface area contributed by atoms with Gasteiger partial charge in [-0.05, 0) is 42.5 Å². The topological polar surface area (TPSA) is 85.3 Å². The number of ether oxygens (including phenoxy) is 2. The zero-order valence-electron chi connectivity index (χ0n) is 20.5. The molecule has 0 aliphatic carbocycles. The smallest absolute Gasteiger partial charge is 0.272 e. The van der Waals surface area contributed by atoms with E-state index in [9.17, 15) is 18.4 Å². The van der Waals surface area contributed by atoms with E-state index >= 15 is 0 Å². The van der Waals surface area contributed by atoms with Crippen LogP contribution in [0.15, 0.2) is 83.9 Å². The first-order valence-corrected chi connectivity index (χ1v) is 11.7. The summed E-state index contributed by atoms with van der Waals surface area (Å²) < 4.78 is 40.7. The van der Waals surface area contributed by atoms with Crippen molar-refractivity contribution in [3.8, 4) is 28.4 Å². The summed E-state index contributed by atoms with van der Waals surface area (Å²) in [5, 5.41) is 3.52. The average Bonchev–Trinajstić information content (AvgIpc) is 3.24. The zero-order valence-corrected chi connectivity index (χ0v) is 20.5. The number of nitrogens with zero attached hydrogens (tertiary/aromatic N) is 1. The number of para-hydroxylation sites is 1. The van der Waals surface area contributed by atoms with Crippen molar-refractivity contribution in [2.75, 3.05) is 12.4 Å². The van der Waals surface area contributed by atoms with E-state index < -0.39 is 11.6 Å². The molecule has 0 aliphatic heterocycles. The lowest BCUT2D eigenvalue weighted by Crippen LogP contribution is -2.15. The van der Waals surface area contributed by atoms with E-state index in [1.54, 1.807) is 55.3 Å². The Morgan fingerprint density at radius 1 is 0.974 bits per heavy atom. The molecule has 1 amide bonds. The highest BCUT2D eigenvalue weighted by Gasteiger charge is 2.18. The van der Waals surface area contributed by atoms with Gasteiger partial charge in [0.05, 0.1) is 13.5 Å². The molecular formula is C29H23F2N3O4. The molecule has 38 heavy (non-hydrogen) atoms. The quantitative estimate of drug-likeness (QED) is 0.287. The van der Waals surface area contributed by atoms with Crippen LogP contribution in [0, 0.1) is 11.6 Å². The molecule has 0 fully saturated rings. The van der Waals surface area contributed by atoms with Crippen LogP contribution >= 0.6 is 0 Å². The van der Waals surface area contributed by atoms with Crippen molar-refractivity contribution in [2.45, 2.75) is 6.42 Å². The van der Waals surface area contributed by atoms with E-state index in [1.807, 2.05) is 18.2 Å². The van der Waals surface area contributed by atoms with Gasteiger partial charge in [0.15, 0.2) is 11.6 Å². The molecule has 5 rings (SSSR count). The number of pyridine rings is 1. The Hall–Kier alpha value is -4.92. The SMILES string of the molecule is COc1ccccc1CC(=O)Nc1ccc(Oc2ccc(F)cc2F)c(-c2cn(C)c3c(=O)[nH]ccc23)c1. The van der Waals surface area contributed by atoms with E-state index in [4.69, 9.17) is 9.47 Å². The summed E-state index contributed by atoms with van der Waals surface area (Å²) in [5.41, 5.74) is 2.49. The maximum absolute atomic E-state index is 14.4. The first-order chi connectivity index (χ1) is 18.3. The number of H-pyrrole nitrogens is 1. The number of aromatic amines is 1.